The average molecular weight is 466 g/mol. The van der Waals surface area contributed by atoms with E-state index in [9.17, 15) is 0 Å². The van der Waals surface area contributed by atoms with E-state index in [2.05, 4.69) is 54.2 Å². The van der Waals surface area contributed by atoms with Crippen molar-refractivity contribution in [1.29, 1.82) is 0 Å². The Labute approximate surface area is 212 Å². The van der Waals surface area contributed by atoms with Crippen LogP contribution in [0.15, 0.2) is 40.3 Å². The second-order valence-electron chi connectivity index (χ2n) is 10.5. The van der Waals surface area contributed by atoms with Crippen LogP contribution >= 0.6 is 0 Å². The molecular weight excluding hydrogens is 412 g/mol. The zero-order chi connectivity index (χ0) is 24.1. The summed E-state index contributed by atoms with van der Waals surface area (Å²) in [6, 6.07) is 11.1. The normalized spacial score (nSPS) is 14.7. The summed E-state index contributed by atoms with van der Waals surface area (Å²) in [6.45, 7) is 4.59. The number of hydrogen-bond acceptors (Lipinski definition) is 2. The zero-order valence-corrected chi connectivity index (χ0v) is 22.5. The fourth-order valence-electron chi connectivity index (χ4n) is 5.41. The summed E-state index contributed by atoms with van der Waals surface area (Å²) in [4.78, 5) is 9.28. The quantitative estimate of drug-likeness (QED) is 0.120. The Morgan fingerprint density at radius 2 is 1.09 bits per heavy atom. The lowest BCUT2D eigenvalue weighted by Gasteiger charge is -2.26. The molecule has 1 aromatic rings. The highest BCUT2D eigenvalue weighted by Crippen LogP contribution is 2.36. The first-order chi connectivity index (χ1) is 16.8. The Morgan fingerprint density at radius 3 is 1.62 bits per heavy atom. The number of unbranched alkanes of at least 4 members (excludes halogenated alkanes) is 14. The second kappa shape index (κ2) is 19.7. The number of hydrogen-bond donors (Lipinski definition) is 0. The summed E-state index contributed by atoms with van der Waals surface area (Å²) in [5.74, 6) is 1.14. The monoisotopic (exact) mass is 465 g/mol. The molecule has 2 rings (SSSR count). The predicted octanol–water partition coefficient (Wildman–Crippen LogP) is 10.2. The second-order valence-corrected chi connectivity index (χ2v) is 10.5. The Morgan fingerprint density at radius 1 is 0.588 bits per heavy atom. The van der Waals surface area contributed by atoms with Gasteiger partial charge in [0.15, 0.2) is 12.4 Å². The highest BCUT2D eigenvalue weighted by Gasteiger charge is 2.35. The molecule has 34 heavy (non-hydrogen) atoms. The molecule has 1 aliphatic rings. The van der Waals surface area contributed by atoms with Crippen LogP contribution in [-0.4, -0.2) is 12.4 Å². The first-order valence-electron chi connectivity index (χ1n) is 14.8. The molecule has 2 atom stereocenters. The largest absolute Gasteiger partial charge is 0.244 e. The molecule has 190 valence electrons. The summed E-state index contributed by atoms with van der Waals surface area (Å²) in [7, 11) is 0. The maximum absolute atomic E-state index is 4.64. The molecule has 0 fully saturated rings. The molecule has 0 amide bonds. The van der Waals surface area contributed by atoms with Crippen LogP contribution in [0.5, 0.6) is 0 Å². The molecule has 0 bridgehead atoms. The highest BCUT2D eigenvalue weighted by molar-refractivity contribution is 6.18. The SMILES string of the molecule is CCCCCCCCCCCCCCCCC(Cc1ccccc1)C(CCCC)[C+]1N=CC=N1. The van der Waals surface area contributed by atoms with Crippen LogP contribution in [-0.2, 0) is 6.42 Å². The maximum Gasteiger partial charge on any atom is 0.244 e. The molecule has 2 heteroatoms. The van der Waals surface area contributed by atoms with Gasteiger partial charge in [0.25, 0.3) is 0 Å². The molecule has 2 nitrogen and oxygen atoms in total. The van der Waals surface area contributed by atoms with Gasteiger partial charge in [-0.25, -0.2) is 0 Å². The highest BCUT2D eigenvalue weighted by atomic mass is 15.0. The van der Waals surface area contributed by atoms with Gasteiger partial charge in [-0.1, -0.05) is 157 Å². The van der Waals surface area contributed by atoms with Crippen molar-refractivity contribution in [3.63, 3.8) is 0 Å². The molecule has 0 aliphatic carbocycles. The average Bonchev–Trinajstić information content (AvgIpc) is 3.39. The summed E-state index contributed by atoms with van der Waals surface area (Å²) in [5.41, 5.74) is 1.46. The van der Waals surface area contributed by atoms with E-state index < -0.39 is 0 Å². The molecule has 0 radical (unpaired) electrons. The Balaban J connectivity index is 1.65. The number of benzene rings is 1. The fourth-order valence-corrected chi connectivity index (χ4v) is 5.41. The van der Waals surface area contributed by atoms with Crippen molar-refractivity contribution in [3.8, 4) is 0 Å². The van der Waals surface area contributed by atoms with E-state index in [4.69, 9.17) is 0 Å². The maximum atomic E-state index is 4.64. The van der Waals surface area contributed by atoms with Gasteiger partial charge >= 0.3 is 0 Å². The first-order valence-corrected chi connectivity index (χ1v) is 14.8. The van der Waals surface area contributed by atoms with Gasteiger partial charge in [0.05, 0.1) is 5.92 Å². The fraction of sp³-hybridized carbons (Fsp3) is 0.719. The summed E-state index contributed by atoms with van der Waals surface area (Å²) in [5, 5.41) is 0. The van der Waals surface area contributed by atoms with Crippen LogP contribution in [0.3, 0.4) is 0 Å². The molecule has 1 heterocycles. The van der Waals surface area contributed by atoms with Crippen molar-refractivity contribution in [2.75, 3.05) is 0 Å². The van der Waals surface area contributed by atoms with Crippen molar-refractivity contribution in [2.24, 2.45) is 21.8 Å². The summed E-state index contributed by atoms with van der Waals surface area (Å²) in [6.07, 6.45) is 31.0. The molecule has 0 N–H and O–H groups in total. The first kappa shape index (κ1) is 28.7. The van der Waals surface area contributed by atoms with Gasteiger partial charge in [0.1, 0.15) is 0 Å². The van der Waals surface area contributed by atoms with Gasteiger partial charge in [-0.3, -0.25) is 0 Å². The lowest BCUT2D eigenvalue weighted by molar-refractivity contribution is 0.286. The third kappa shape index (κ3) is 12.8. The minimum Gasteiger partial charge on any atom is -0.0965 e. The van der Waals surface area contributed by atoms with Gasteiger partial charge in [0.2, 0.25) is 6.17 Å². The Hall–Kier alpha value is -1.57. The van der Waals surface area contributed by atoms with Crippen LogP contribution < -0.4 is 0 Å². The Bertz CT molecular complexity index is 624. The van der Waals surface area contributed by atoms with Gasteiger partial charge in [-0.15, -0.1) is 0 Å². The van der Waals surface area contributed by atoms with Crippen LogP contribution in [0, 0.1) is 18.0 Å². The smallest absolute Gasteiger partial charge is 0.0965 e. The van der Waals surface area contributed by atoms with Crippen LogP contribution in [0.1, 0.15) is 135 Å². The van der Waals surface area contributed by atoms with Gasteiger partial charge < -0.3 is 0 Å². The van der Waals surface area contributed by atoms with Gasteiger partial charge in [0, 0.05) is 0 Å². The molecule has 0 saturated heterocycles. The summed E-state index contributed by atoms with van der Waals surface area (Å²) < 4.78 is 0. The van der Waals surface area contributed by atoms with Crippen molar-refractivity contribution in [3.05, 3.63) is 42.1 Å². The molecule has 1 aliphatic heterocycles. The molecule has 0 aromatic heterocycles. The van der Waals surface area contributed by atoms with Crippen molar-refractivity contribution in [1.82, 2.24) is 0 Å². The zero-order valence-electron chi connectivity index (χ0n) is 22.5. The molecule has 0 saturated carbocycles. The van der Waals surface area contributed by atoms with Crippen LogP contribution in [0.25, 0.3) is 0 Å². The van der Waals surface area contributed by atoms with E-state index in [-0.39, 0.29) is 0 Å². The molecular formula is C32H53N2+. The predicted molar refractivity (Wildman–Crippen MR) is 152 cm³/mol. The summed E-state index contributed by atoms with van der Waals surface area (Å²) >= 11 is 0. The van der Waals surface area contributed by atoms with E-state index >= 15 is 0 Å². The van der Waals surface area contributed by atoms with E-state index in [1.165, 1.54) is 121 Å². The van der Waals surface area contributed by atoms with Crippen molar-refractivity contribution in [2.45, 2.75) is 136 Å². The lowest BCUT2D eigenvalue weighted by Crippen LogP contribution is -2.22. The molecule has 0 spiro atoms. The van der Waals surface area contributed by atoms with E-state index in [0.717, 1.165) is 12.6 Å². The third-order valence-corrected chi connectivity index (χ3v) is 7.52. The van der Waals surface area contributed by atoms with E-state index in [1.54, 1.807) is 0 Å². The minimum absolute atomic E-state index is 0.497. The molecule has 1 aromatic carbocycles. The number of nitrogens with zero attached hydrogens (tertiary/aromatic N) is 2. The van der Waals surface area contributed by atoms with Gasteiger partial charge in [-0.05, 0) is 30.7 Å². The van der Waals surface area contributed by atoms with Crippen molar-refractivity contribution < 1.29 is 0 Å². The van der Waals surface area contributed by atoms with Crippen LogP contribution in [0.4, 0.5) is 0 Å². The Kier molecular flexibility index (Phi) is 16.6. The molecule has 2 unspecified atom stereocenters. The topological polar surface area (TPSA) is 24.7 Å². The standard InChI is InChI=1S/C32H53N2/c1-3-5-7-8-9-10-11-12-13-14-15-16-17-21-24-30(28-29-22-19-18-20-23-29)31(25-6-4-2)32-33-26-27-34-32/h18-20,22-23,26-27,30-31H,3-17,21,24-25,28H2,1-2H3/q+1. The van der Waals surface area contributed by atoms with Gasteiger partial charge in [-0.2, -0.15) is 0 Å². The van der Waals surface area contributed by atoms with E-state index in [1.807, 2.05) is 12.4 Å². The lowest BCUT2D eigenvalue weighted by atomic mass is 9.78. The van der Waals surface area contributed by atoms with Crippen LogP contribution in [0.2, 0.25) is 0 Å². The van der Waals surface area contributed by atoms with Crippen molar-refractivity contribution >= 4 is 12.4 Å². The number of aliphatic imine (C=N–C) groups is 2. The third-order valence-electron chi connectivity index (χ3n) is 7.52. The minimum atomic E-state index is 0.497. The van der Waals surface area contributed by atoms with E-state index in [0.29, 0.717) is 11.8 Å². The number of rotatable bonds is 22.